The molecule has 0 unspecified atom stereocenters. The first kappa shape index (κ1) is 7.30. The van der Waals surface area contributed by atoms with E-state index < -0.39 is 56.9 Å². The van der Waals surface area contributed by atoms with Crippen LogP contribution in [-0.2, 0) is 4.79 Å². The summed E-state index contributed by atoms with van der Waals surface area (Å²) in [6.07, 6.45) is -2.93. The minimum Gasteiger partial charge on any atom is -0.354 e. The predicted octanol–water partition coefficient (Wildman–Crippen LogP) is 1.54. The number of carbonyl (C=O) groups is 1. The average molecular weight is 322 g/mol. The number of nitriles is 1. The molecule has 0 aromatic carbocycles. The molecule has 1 aliphatic rings. The maximum absolute atomic E-state index is 12.8. The fraction of sp³-hybridized carbons (Fsp3) is 0.500. The van der Waals surface area contributed by atoms with E-state index in [1.165, 1.54) is 19.2 Å². The van der Waals surface area contributed by atoms with Gasteiger partial charge < -0.3 is 14.8 Å². The molecule has 1 amide bonds. The number of rotatable bonds is 3. The van der Waals surface area contributed by atoms with Gasteiger partial charge in [-0.3, -0.25) is 4.79 Å². The van der Waals surface area contributed by atoms with Crippen molar-refractivity contribution in [1.29, 1.82) is 5.26 Å². The van der Waals surface area contributed by atoms with Crippen molar-refractivity contribution < 1.29 is 18.5 Å². The zero-order chi connectivity index (χ0) is 25.1. The van der Waals surface area contributed by atoms with Crippen LogP contribution in [0.3, 0.4) is 0 Å². The maximum atomic E-state index is 12.8. The Labute approximate surface area is 149 Å². The van der Waals surface area contributed by atoms with Crippen molar-refractivity contribution in [2.75, 3.05) is 24.9 Å². The van der Waals surface area contributed by atoms with Crippen LogP contribution in [0.25, 0.3) is 11.0 Å². The number of nitrogens with zero attached hydrogens (tertiary/aromatic N) is 5. The molecule has 7 nitrogen and oxygen atoms in total. The lowest BCUT2D eigenvalue weighted by atomic mass is 9.92. The number of nitrogens with one attached hydrogen (secondary N) is 1. The fourth-order valence-corrected chi connectivity index (χ4v) is 2.33. The van der Waals surface area contributed by atoms with Gasteiger partial charge in [0.2, 0.25) is 5.91 Å². The smallest absolute Gasteiger partial charge is 0.236 e. The van der Waals surface area contributed by atoms with Crippen LogP contribution in [0.4, 0.5) is 5.82 Å². The Balaban J connectivity index is 2.27. The highest BCUT2D eigenvalue weighted by atomic mass is 16.2. The Morgan fingerprint density at radius 2 is 2.65 bits per heavy atom. The van der Waals surface area contributed by atoms with Gasteiger partial charge in [-0.25, -0.2) is 9.97 Å². The minimum atomic E-state index is -3.26. The first-order valence-corrected chi connectivity index (χ1v) is 6.82. The molecule has 3 rings (SSSR count). The number of carbonyl (C=O) groups excluding carboxylic acids is 1. The average Bonchev–Trinajstić information content (AvgIpc) is 3.10. The topological polar surface area (TPSA) is 88.9 Å². The second-order valence-corrected chi connectivity index (χ2v) is 5.05. The molecule has 7 heteroatoms. The Morgan fingerprint density at radius 1 is 1.78 bits per heavy atom. The Morgan fingerprint density at radius 3 is 3.43 bits per heavy atom. The van der Waals surface area contributed by atoms with Gasteiger partial charge in [0.05, 0.1) is 23.0 Å². The van der Waals surface area contributed by atoms with Crippen LogP contribution >= 0.6 is 0 Å². The Kier molecular flexibility index (Phi) is 1.98. The van der Waals surface area contributed by atoms with E-state index in [2.05, 4.69) is 15.0 Å². The van der Waals surface area contributed by atoms with Gasteiger partial charge in [-0.2, -0.15) is 5.26 Å². The number of aromatic amines is 1. The molecule has 1 fully saturated rings. The molecule has 120 valence electrons. The SMILES string of the molecule is [2H]c1nc(N([C@@H]2[C@H](C)CC([2H])([2H])N(C(=O)C([2H])([2H])C#N)C2([2H])[2H])C([2H])([2H])[2H])c2cc[nH]c2n1. The number of fused-ring (bicyclic) bond motifs is 1. The van der Waals surface area contributed by atoms with Crippen molar-refractivity contribution in [3.63, 3.8) is 0 Å². The highest BCUT2D eigenvalue weighted by Gasteiger charge is 2.32. The molecule has 0 aliphatic carbocycles. The van der Waals surface area contributed by atoms with Gasteiger partial charge in [0.1, 0.15) is 25.5 Å². The Bertz CT molecular complexity index is 1120. The number of H-pyrrole nitrogens is 1. The quantitative estimate of drug-likeness (QED) is 0.926. The molecule has 1 saturated heterocycles. The molecule has 0 saturated carbocycles. The number of amides is 1. The van der Waals surface area contributed by atoms with Crippen molar-refractivity contribution in [2.24, 2.45) is 5.92 Å². The van der Waals surface area contributed by atoms with Gasteiger partial charge in [0.15, 0.2) is 0 Å². The van der Waals surface area contributed by atoms with Crippen LogP contribution in [-0.4, -0.2) is 51.8 Å². The van der Waals surface area contributed by atoms with Crippen molar-refractivity contribution in [1.82, 2.24) is 19.9 Å². The molecular weight excluding hydrogens is 292 g/mol. The molecule has 1 N–H and O–H groups in total. The van der Waals surface area contributed by atoms with Crippen molar-refractivity contribution in [3.8, 4) is 6.07 Å². The zero-order valence-electron chi connectivity index (χ0n) is 22.2. The monoisotopic (exact) mass is 322 g/mol. The normalized spacial score (nSPS) is 33.1. The number of likely N-dealkylation sites (N-methyl/N-ethyl adjacent to an activating group) is 1. The van der Waals surface area contributed by atoms with Crippen LogP contribution in [0.1, 0.15) is 33.4 Å². The molecule has 3 heterocycles. The van der Waals surface area contributed by atoms with E-state index >= 15 is 0 Å². The van der Waals surface area contributed by atoms with Crippen molar-refractivity contribution in [3.05, 3.63) is 18.6 Å². The summed E-state index contributed by atoms with van der Waals surface area (Å²) in [6, 6.07) is 0.776. The van der Waals surface area contributed by atoms with Crippen LogP contribution < -0.4 is 4.90 Å². The molecule has 23 heavy (non-hydrogen) atoms. The summed E-state index contributed by atoms with van der Waals surface area (Å²) in [5, 5.41) is 9.19. The molecule has 0 bridgehead atoms. The fourth-order valence-electron chi connectivity index (χ4n) is 2.33. The first-order valence-electron chi connectivity index (χ1n) is 11.8. The Hall–Kier alpha value is -2.62. The second kappa shape index (κ2) is 6.24. The van der Waals surface area contributed by atoms with Crippen LogP contribution in [0.15, 0.2) is 18.6 Å². The van der Waals surface area contributed by atoms with E-state index in [0.717, 1.165) is 6.07 Å². The number of piperidine rings is 1. The maximum Gasteiger partial charge on any atom is 0.236 e. The highest BCUT2D eigenvalue weighted by molar-refractivity contribution is 5.87. The molecule has 0 radical (unpaired) electrons. The predicted molar refractivity (Wildman–Crippen MR) is 86.7 cm³/mol. The lowest BCUT2D eigenvalue weighted by Crippen LogP contribution is -2.52. The van der Waals surface area contributed by atoms with E-state index in [9.17, 15) is 4.79 Å². The van der Waals surface area contributed by atoms with Gasteiger partial charge in [0, 0.05) is 33.0 Å². The molecule has 0 spiro atoms. The van der Waals surface area contributed by atoms with Gasteiger partial charge in [-0.1, -0.05) is 6.92 Å². The summed E-state index contributed by atoms with van der Waals surface area (Å²) < 4.78 is 81.1. The number of hydrogen-bond donors (Lipinski definition) is 1. The largest absolute Gasteiger partial charge is 0.354 e. The summed E-state index contributed by atoms with van der Waals surface area (Å²) in [5.41, 5.74) is 0.118. The summed E-state index contributed by atoms with van der Waals surface area (Å²) in [4.78, 5) is 23.9. The van der Waals surface area contributed by atoms with Crippen molar-refractivity contribution in [2.45, 2.75) is 25.8 Å². The van der Waals surface area contributed by atoms with E-state index in [4.69, 9.17) is 19.0 Å². The third kappa shape index (κ3) is 2.84. The number of anilines is 1. The van der Waals surface area contributed by atoms with Crippen molar-refractivity contribution >= 4 is 22.8 Å². The van der Waals surface area contributed by atoms with Gasteiger partial charge in [-0.15, -0.1) is 0 Å². The van der Waals surface area contributed by atoms with Crippen LogP contribution in [0.2, 0.25) is 0 Å². The molecule has 2 aromatic heterocycles. The second-order valence-electron chi connectivity index (χ2n) is 5.05. The highest BCUT2D eigenvalue weighted by Crippen LogP contribution is 2.28. The van der Waals surface area contributed by atoms with E-state index in [1.54, 1.807) is 0 Å². The number of hydrogen-bond acceptors (Lipinski definition) is 5. The lowest BCUT2D eigenvalue weighted by Gasteiger charge is -2.42. The van der Waals surface area contributed by atoms with E-state index in [0.29, 0.717) is 4.90 Å². The standard InChI is InChI=1S/C16H20N6O/c1-11-5-8-22(14(23)3-6-17)9-13(11)21(2)16-12-4-7-18-15(12)19-10-20-16/h4,7,10-11,13H,3,5,8-9H2,1-2H3,(H,18,19,20)/t11-,13+/m1/s1/i2D3,3D2,8D2,9D2,10D. The third-order valence-electron chi connectivity index (χ3n) is 3.53. The van der Waals surface area contributed by atoms with E-state index in [-0.39, 0.29) is 21.8 Å². The summed E-state index contributed by atoms with van der Waals surface area (Å²) in [7, 11) is 0. The third-order valence-corrected chi connectivity index (χ3v) is 3.53. The van der Waals surface area contributed by atoms with Crippen LogP contribution in [0, 0.1) is 17.2 Å². The zero-order valence-corrected chi connectivity index (χ0v) is 12.2. The molecule has 1 aliphatic heterocycles. The van der Waals surface area contributed by atoms with Crippen LogP contribution in [0.5, 0.6) is 0 Å². The number of likely N-dealkylation sites (tertiary alicyclic amines) is 1. The number of aromatic nitrogens is 3. The molecular formula is C16H20N6O. The lowest BCUT2D eigenvalue weighted by molar-refractivity contribution is -0.131. The van der Waals surface area contributed by atoms with Gasteiger partial charge >= 0.3 is 0 Å². The summed E-state index contributed by atoms with van der Waals surface area (Å²) >= 11 is 0. The molecule has 2 atom stereocenters. The summed E-state index contributed by atoms with van der Waals surface area (Å²) in [5.74, 6) is -3.12. The first-order chi connectivity index (χ1) is 14.9. The summed E-state index contributed by atoms with van der Waals surface area (Å²) in [6.45, 7) is -7.50. The van der Waals surface area contributed by atoms with E-state index in [1.807, 2.05) is 0 Å². The van der Waals surface area contributed by atoms with Gasteiger partial charge in [-0.05, 0) is 18.4 Å². The molecule has 2 aromatic rings. The minimum absolute atomic E-state index is 0.0241. The van der Waals surface area contributed by atoms with Gasteiger partial charge in [0.25, 0.3) is 0 Å².